The molecule has 2 atom stereocenters. The number of ether oxygens (including phenoxy) is 1. The molecule has 2 aromatic carbocycles. The van der Waals surface area contributed by atoms with Crippen LogP contribution in [0, 0.1) is 24.1 Å². The van der Waals surface area contributed by atoms with E-state index < -0.39 is 34.1 Å². The smallest absolute Gasteiger partial charge is 0.312 e. The zero-order chi connectivity index (χ0) is 29.2. The topological polar surface area (TPSA) is 121 Å². The van der Waals surface area contributed by atoms with Crippen molar-refractivity contribution < 1.29 is 28.1 Å². The van der Waals surface area contributed by atoms with E-state index in [0.717, 1.165) is 29.7 Å². The Kier molecular flexibility index (Phi) is 9.01. The van der Waals surface area contributed by atoms with Gasteiger partial charge < -0.3 is 9.84 Å². The molecule has 0 radical (unpaired) electrons. The fourth-order valence-electron chi connectivity index (χ4n) is 5.10. The minimum Gasteiger partial charge on any atom is -0.481 e. The number of halogens is 1. The molecule has 218 valence electrons. The van der Waals surface area contributed by atoms with Crippen LogP contribution in [0.4, 0.5) is 4.39 Å². The largest absolute Gasteiger partial charge is 0.481 e. The second kappa shape index (κ2) is 12.0. The molecule has 0 aliphatic carbocycles. The van der Waals surface area contributed by atoms with Crippen molar-refractivity contribution in [3.63, 3.8) is 0 Å². The van der Waals surface area contributed by atoms with Gasteiger partial charge in [-0.2, -0.15) is 4.31 Å². The number of aliphatic carboxylic acids is 1. The molecule has 1 aliphatic heterocycles. The van der Waals surface area contributed by atoms with Gasteiger partial charge in [-0.15, -0.1) is 15.9 Å². The molecule has 0 spiro atoms. The molecule has 9 nitrogen and oxygen atoms in total. The van der Waals surface area contributed by atoms with E-state index in [2.05, 4.69) is 10.3 Å². The average molecular weight is 575 g/mol. The Labute approximate surface area is 236 Å². The summed E-state index contributed by atoms with van der Waals surface area (Å²) < 4.78 is 46.4. The highest BCUT2D eigenvalue weighted by Gasteiger charge is 2.40. The molecule has 0 fully saturated rings. The Morgan fingerprint density at radius 3 is 2.70 bits per heavy atom. The summed E-state index contributed by atoms with van der Waals surface area (Å²) in [6.07, 6.45) is 2.48. The van der Waals surface area contributed by atoms with E-state index in [1.54, 1.807) is 35.1 Å². The van der Waals surface area contributed by atoms with E-state index in [0.29, 0.717) is 24.2 Å². The molecule has 2 heterocycles. The molecule has 0 saturated heterocycles. The van der Waals surface area contributed by atoms with Crippen LogP contribution >= 0.6 is 10.8 Å². The van der Waals surface area contributed by atoms with E-state index in [9.17, 15) is 23.4 Å². The maximum atomic E-state index is 14.1. The third kappa shape index (κ3) is 6.39. The van der Waals surface area contributed by atoms with Crippen molar-refractivity contribution in [1.82, 2.24) is 19.3 Å². The highest BCUT2D eigenvalue weighted by atomic mass is 32.3. The summed E-state index contributed by atoms with van der Waals surface area (Å²) in [5, 5.41) is 18.3. The number of nitrogens with zero attached hydrogens (tertiary/aromatic N) is 4. The van der Waals surface area contributed by atoms with E-state index in [1.807, 2.05) is 39.0 Å². The van der Waals surface area contributed by atoms with Crippen molar-refractivity contribution in [2.75, 3.05) is 6.54 Å². The molecule has 0 unspecified atom stereocenters. The summed E-state index contributed by atoms with van der Waals surface area (Å²) in [5.41, 5.74) is 2.42. The van der Waals surface area contributed by atoms with Crippen molar-refractivity contribution in [3.05, 3.63) is 76.4 Å². The van der Waals surface area contributed by atoms with Gasteiger partial charge in [-0.3, -0.25) is 18.6 Å². The van der Waals surface area contributed by atoms with Crippen molar-refractivity contribution in [3.8, 4) is 0 Å². The standard InChI is InChI=1S/C29H39FN4O5S/c1-6-11-33-17-25(31-32-33)18-39-27(29(4,5)28(35)36)22-8-7-20(3)23(13-22)16-34-15-19(2)12-21-9-10-24(30)14-26(21)40(34,37)38/h7-10,13-14,17,19,27,37-38H,6,11-12,15-16,18H2,1-5H3,(H,35,36)/t19-,27+/m0/s1. The number of carboxylic acid groups (broad SMARTS) is 1. The second-order valence-electron chi connectivity index (χ2n) is 11.3. The number of aryl methyl sites for hydroxylation is 2. The molecule has 0 amide bonds. The van der Waals surface area contributed by atoms with Crippen LogP contribution in [0.25, 0.3) is 0 Å². The molecule has 4 rings (SSSR count). The summed E-state index contributed by atoms with van der Waals surface area (Å²) in [7, 11) is -3.46. The Bertz CT molecular complexity index is 1360. The summed E-state index contributed by atoms with van der Waals surface area (Å²) >= 11 is 0. The maximum absolute atomic E-state index is 14.1. The number of hydrogen-bond donors (Lipinski definition) is 3. The normalized spacial score (nSPS) is 19.1. The molecular formula is C29H39FN4O5S. The lowest BCUT2D eigenvalue weighted by atomic mass is 9.81. The molecule has 0 bridgehead atoms. The number of aromatic nitrogens is 3. The lowest BCUT2D eigenvalue weighted by molar-refractivity contribution is -0.158. The summed E-state index contributed by atoms with van der Waals surface area (Å²) in [5.74, 6) is -1.43. The molecule has 3 N–H and O–H groups in total. The molecule has 1 aliphatic rings. The third-order valence-corrected chi connectivity index (χ3v) is 9.40. The third-order valence-electron chi connectivity index (χ3n) is 7.43. The van der Waals surface area contributed by atoms with Gasteiger partial charge in [-0.25, -0.2) is 4.39 Å². The van der Waals surface area contributed by atoms with Crippen molar-refractivity contribution >= 4 is 16.7 Å². The van der Waals surface area contributed by atoms with Crippen LogP contribution in [-0.2, 0) is 35.6 Å². The molecule has 3 aromatic rings. The summed E-state index contributed by atoms with van der Waals surface area (Å²) in [4.78, 5) is 12.5. The van der Waals surface area contributed by atoms with Gasteiger partial charge in [0.05, 0.1) is 29.2 Å². The first-order valence-electron chi connectivity index (χ1n) is 13.5. The second-order valence-corrected chi connectivity index (χ2v) is 13.3. The van der Waals surface area contributed by atoms with Gasteiger partial charge in [0.2, 0.25) is 0 Å². The van der Waals surface area contributed by atoms with Gasteiger partial charge in [-0.05, 0) is 73.9 Å². The van der Waals surface area contributed by atoms with Crippen LogP contribution in [0.1, 0.15) is 68.2 Å². The van der Waals surface area contributed by atoms with E-state index in [-0.39, 0.29) is 24.0 Å². The number of benzene rings is 2. The highest BCUT2D eigenvalue weighted by molar-refractivity contribution is 8.22. The first kappa shape index (κ1) is 30.1. The predicted molar refractivity (Wildman–Crippen MR) is 151 cm³/mol. The van der Waals surface area contributed by atoms with Crippen molar-refractivity contribution in [2.45, 2.75) is 78.2 Å². The van der Waals surface area contributed by atoms with Gasteiger partial charge in [0.15, 0.2) is 0 Å². The van der Waals surface area contributed by atoms with Gasteiger partial charge in [0, 0.05) is 19.6 Å². The average Bonchev–Trinajstić information content (AvgIpc) is 3.30. The number of carboxylic acids is 1. The lowest BCUT2D eigenvalue weighted by Crippen LogP contribution is -2.33. The van der Waals surface area contributed by atoms with E-state index >= 15 is 0 Å². The Morgan fingerprint density at radius 1 is 1.25 bits per heavy atom. The van der Waals surface area contributed by atoms with Gasteiger partial charge >= 0.3 is 5.97 Å². The Balaban J connectivity index is 1.66. The zero-order valence-corrected chi connectivity index (χ0v) is 24.5. The molecular weight excluding hydrogens is 535 g/mol. The zero-order valence-electron chi connectivity index (χ0n) is 23.7. The SMILES string of the molecule is CCCn1cc(CO[C@H](c2ccc(C)c(CN3C[C@@H](C)Cc4ccc(F)cc4S3(O)O)c2)C(C)(C)C(=O)O)nn1. The van der Waals surface area contributed by atoms with Gasteiger partial charge in [0.25, 0.3) is 0 Å². The first-order valence-corrected chi connectivity index (χ1v) is 15.0. The predicted octanol–water partition coefficient (Wildman–Crippen LogP) is 6.22. The van der Waals surface area contributed by atoms with E-state index in [1.165, 1.54) is 12.1 Å². The monoisotopic (exact) mass is 574 g/mol. The van der Waals surface area contributed by atoms with Crippen molar-refractivity contribution in [1.29, 1.82) is 0 Å². The van der Waals surface area contributed by atoms with Crippen LogP contribution in [0.15, 0.2) is 47.5 Å². The van der Waals surface area contributed by atoms with Crippen LogP contribution < -0.4 is 0 Å². The van der Waals surface area contributed by atoms with Gasteiger partial charge in [-0.1, -0.05) is 43.3 Å². The number of carbonyl (C=O) groups is 1. The van der Waals surface area contributed by atoms with Crippen LogP contribution in [0.5, 0.6) is 0 Å². The Hall–Kier alpha value is -2.83. The fraction of sp³-hybridized carbons (Fsp3) is 0.483. The number of hydrogen-bond acceptors (Lipinski definition) is 7. The highest BCUT2D eigenvalue weighted by Crippen LogP contribution is 2.56. The van der Waals surface area contributed by atoms with Crippen LogP contribution in [0.3, 0.4) is 0 Å². The summed E-state index contributed by atoms with van der Waals surface area (Å²) in [6.45, 7) is 10.6. The molecule has 40 heavy (non-hydrogen) atoms. The quantitative estimate of drug-likeness (QED) is 0.261. The number of rotatable bonds is 10. The minimum atomic E-state index is -3.46. The number of fused-ring (bicyclic) bond motifs is 1. The maximum Gasteiger partial charge on any atom is 0.312 e. The Morgan fingerprint density at radius 2 is 2.00 bits per heavy atom. The molecule has 11 heteroatoms. The van der Waals surface area contributed by atoms with Crippen LogP contribution in [0.2, 0.25) is 0 Å². The molecule has 1 aromatic heterocycles. The van der Waals surface area contributed by atoms with Crippen LogP contribution in [-0.4, -0.2) is 46.0 Å². The lowest BCUT2D eigenvalue weighted by Gasteiger charge is -2.43. The summed E-state index contributed by atoms with van der Waals surface area (Å²) in [6, 6.07) is 9.79. The van der Waals surface area contributed by atoms with Crippen molar-refractivity contribution in [2.24, 2.45) is 11.3 Å². The molecule has 0 saturated carbocycles. The van der Waals surface area contributed by atoms with E-state index in [4.69, 9.17) is 4.74 Å². The van der Waals surface area contributed by atoms with Gasteiger partial charge in [0.1, 0.15) is 11.5 Å². The fourth-order valence-corrected chi connectivity index (χ4v) is 6.93. The first-order chi connectivity index (χ1) is 18.8. The minimum absolute atomic E-state index is 0.0842.